The second kappa shape index (κ2) is 5.27. The number of rotatable bonds is 3. The van der Waals surface area contributed by atoms with E-state index in [0.29, 0.717) is 12.1 Å². The maximum absolute atomic E-state index is 12.7. The molecule has 0 fully saturated rings. The Morgan fingerprint density at radius 2 is 1.95 bits per heavy atom. The van der Waals surface area contributed by atoms with E-state index in [2.05, 4.69) is 15.3 Å². The van der Waals surface area contributed by atoms with Gasteiger partial charge >= 0.3 is 12.1 Å². The van der Waals surface area contributed by atoms with Crippen molar-refractivity contribution in [2.24, 2.45) is 0 Å². The molecule has 1 aromatic carbocycles. The lowest BCUT2D eigenvalue weighted by atomic mass is 10.1. The Kier molecular flexibility index (Phi) is 3.66. The summed E-state index contributed by atoms with van der Waals surface area (Å²) in [6, 6.07) is 2.08. The lowest BCUT2D eigenvalue weighted by Gasteiger charge is -2.11. The van der Waals surface area contributed by atoms with Crippen LogP contribution in [0.2, 0.25) is 0 Å². The Hall–Kier alpha value is -2.84. The smallest absolute Gasteiger partial charge is 0.416 e. The first-order valence-electron chi connectivity index (χ1n) is 5.52. The Bertz CT molecular complexity index is 681. The van der Waals surface area contributed by atoms with Gasteiger partial charge in [-0.3, -0.25) is 4.79 Å². The zero-order valence-electron chi connectivity index (χ0n) is 10.2. The van der Waals surface area contributed by atoms with Crippen molar-refractivity contribution in [3.8, 4) is 0 Å². The Balaban J connectivity index is 2.37. The first-order valence-corrected chi connectivity index (χ1v) is 5.52. The van der Waals surface area contributed by atoms with Crippen LogP contribution in [0.25, 0.3) is 0 Å². The van der Waals surface area contributed by atoms with Crippen molar-refractivity contribution in [3.05, 3.63) is 47.5 Å². The number of aromatic carboxylic acids is 1. The minimum atomic E-state index is -4.72. The number of carboxylic acids is 1. The van der Waals surface area contributed by atoms with Gasteiger partial charge in [0, 0.05) is 5.69 Å². The van der Waals surface area contributed by atoms with Crippen LogP contribution in [0.15, 0.2) is 30.7 Å². The molecule has 21 heavy (non-hydrogen) atoms. The number of H-pyrrole nitrogens is 1. The second-order valence-corrected chi connectivity index (χ2v) is 4.02. The fourth-order valence-corrected chi connectivity index (χ4v) is 1.57. The Morgan fingerprint density at radius 3 is 2.48 bits per heavy atom. The molecule has 0 bridgehead atoms. The number of aromatic nitrogens is 2. The summed E-state index contributed by atoms with van der Waals surface area (Å²) >= 11 is 0. The molecule has 1 aromatic heterocycles. The van der Waals surface area contributed by atoms with Crippen LogP contribution in [0.1, 0.15) is 26.4 Å². The highest BCUT2D eigenvalue weighted by molar-refractivity contribution is 6.03. The van der Waals surface area contributed by atoms with Gasteiger partial charge in [-0.05, 0) is 18.2 Å². The summed E-state index contributed by atoms with van der Waals surface area (Å²) < 4.78 is 38.1. The third kappa shape index (κ3) is 3.38. The molecule has 0 aliphatic rings. The largest absolute Gasteiger partial charge is 0.478 e. The monoisotopic (exact) mass is 299 g/mol. The fourth-order valence-electron chi connectivity index (χ4n) is 1.57. The van der Waals surface area contributed by atoms with Gasteiger partial charge in [-0.25, -0.2) is 9.78 Å². The van der Waals surface area contributed by atoms with E-state index in [1.54, 1.807) is 0 Å². The number of hydrogen-bond donors (Lipinski definition) is 3. The number of anilines is 1. The summed E-state index contributed by atoms with van der Waals surface area (Å²) in [5.41, 5.74) is -1.99. The molecule has 9 heteroatoms. The number of halogens is 3. The Morgan fingerprint density at radius 1 is 1.24 bits per heavy atom. The molecule has 2 aromatic rings. The predicted molar refractivity (Wildman–Crippen MR) is 64.9 cm³/mol. The molecule has 0 atom stereocenters. The van der Waals surface area contributed by atoms with Gasteiger partial charge in [-0.1, -0.05) is 0 Å². The van der Waals surface area contributed by atoms with Crippen molar-refractivity contribution < 1.29 is 27.9 Å². The van der Waals surface area contributed by atoms with Crippen molar-refractivity contribution in [3.63, 3.8) is 0 Å². The zero-order chi connectivity index (χ0) is 15.6. The maximum Gasteiger partial charge on any atom is 0.416 e. The van der Waals surface area contributed by atoms with Gasteiger partial charge in [-0.2, -0.15) is 13.2 Å². The molecule has 1 heterocycles. The molecule has 0 aliphatic carbocycles. The van der Waals surface area contributed by atoms with Gasteiger partial charge in [-0.15, -0.1) is 0 Å². The normalized spacial score (nSPS) is 11.2. The second-order valence-electron chi connectivity index (χ2n) is 4.02. The minimum Gasteiger partial charge on any atom is -0.478 e. The number of carbonyl (C=O) groups excluding carboxylic acids is 1. The predicted octanol–water partition coefficient (Wildman–Crippen LogP) is 2.38. The summed E-state index contributed by atoms with van der Waals surface area (Å²) in [6.07, 6.45) is -2.32. The van der Waals surface area contributed by atoms with Crippen molar-refractivity contribution in [1.82, 2.24) is 9.97 Å². The standard InChI is InChI=1S/C12H8F3N3O3/c13-12(14,15)7-1-6(11(20)21)2-8(3-7)18-10(19)9-4-16-5-17-9/h1-5H,(H,16,17)(H,18,19)(H,20,21). The molecule has 1 amide bonds. The SMILES string of the molecule is O=C(O)c1cc(NC(=O)c2cnc[nH]2)cc(C(F)(F)F)c1. The lowest BCUT2D eigenvalue weighted by molar-refractivity contribution is -0.137. The number of carboxylic acid groups (broad SMARTS) is 1. The highest BCUT2D eigenvalue weighted by atomic mass is 19.4. The molecule has 0 saturated heterocycles. The molecule has 0 radical (unpaired) electrons. The lowest BCUT2D eigenvalue weighted by Crippen LogP contribution is -2.15. The molecule has 0 spiro atoms. The van der Waals surface area contributed by atoms with E-state index in [0.717, 1.165) is 6.07 Å². The van der Waals surface area contributed by atoms with Gasteiger partial charge in [0.05, 0.1) is 23.7 Å². The van der Waals surface area contributed by atoms with Crippen LogP contribution >= 0.6 is 0 Å². The molecule has 110 valence electrons. The van der Waals surface area contributed by atoms with E-state index in [-0.39, 0.29) is 11.4 Å². The van der Waals surface area contributed by atoms with Crippen LogP contribution < -0.4 is 5.32 Å². The summed E-state index contributed by atoms with van der Waals surface area (Å²) in [6.45, 7) is 0. The van der Waals surface area contributed by atoms with E-state index in [1.807, 2.05) is 0 Å². The van der Waals surface area contributed by atoms with Crippen molar-refractivity contribution in [2.75, 3.05) is 5.32 Å². The number of carbonyl (C=O) groups is 2. The average Bonchev–Trinajstić information content (AvgIpc) is 2.91. The van der Waals surface area contributed by atoms with Gasteiger partial charge < -0.3 is 15.4 Å². The van der Waals surface area contributed by atoms with Gasteiger partial charge in [0.25, 0.3) is 5.91 Å². The number of imidazole rings is 1. The summed E-state index contributed by atoms with van der Waals surface area (Å²) in [4.78, 5) is 28.6. The van der Waals surface area contributed by atoms with E-state index >= 15 is 0 Å². The summed E-state index contributed by atoms with van der Waals surface area (Å²) in [5, 5.41) is 11.0. The average molecular weight is 299 g/mol. The highest BCUT2D eigenvalue weighted by Gasteiger charge is 2.32. The van der Waals surface area contributed by atoms with Crippen LogP contribution in [0.4, 0.5) is 18.9 Å². The third-order valence-electron chi connectivity index (χ3n) is 2.51. The molecular formula is C12H8F3N3O3. The molecule has 6 nitrogen and oxygen atoms in total. The van der Waals surface area contributed by atoms with Crippen LogP contribution in [-0.2, 0) is 6.18 Å². The molecule has 0 unspecified atom stereocenters. The van der Waals surface area contributed by atoms with Crippen molar-refractivity contribution >= 4 is 17.6 Å². The number of aromatic amines is 1. The van der Waals surface area contributed by atoms with Gasteiger partial charge in [0.15, 0.2) is 0 Å². The van der Waals surface area contributed by atoms with E-state index in [4.69, 9.17) is 5.11 Å². The number of alkyl halides is 3. The third-order valence-corrected chi connectivity index (χ3v) is 2.51. The van der Waals surface area contributed by atoms with Crippen molar-refractivity contribution in [2.45, 2.75) is 6.18 Å². The molecular weight excluding hydrogens is 291 g/mol. The van der Waals surface area contributed by atoms with Crippen LogP contribution in [-0.4, -0.2) is 27.0 Å². The topological polar surface area (TPSA) is 95.1 Å². The summed E-state index contributed by atoms with van der Waals surface area (Å²) in [7, 11) is 0. The van der Waals surface area contributed by atoms with Crippen molar-refractivity contribution in [1.29, 1.82) is 0 Å². The number of nitrogens with zero attached hydrogens (tertiary/aromatic N) is 1. The molecule has 3 N–H and O–H groups in total. The van der Waals surface area contributed by atoms with Gasteiger partial charge in [0.2, 0.25) is 0 Å². The van der Waals surface area contributed by atoms with E-state index < -0.39 is 29.2 Å². The van der Waals surface area contributed by atoms with Gasteiger partial charge in [0.1, 0.15) is 5.69 Å². The van der Waals surface area contributed by atoms with Crippen LogP contribution in [0.3, 0.4) is 0 Å². The number of amides is 1. The molecule has 2 rings (SSSR count). The first-order chi connectivity index (χ1) is 9.77. The van der Waals surface area contributed by atoms with E-state index in [9.17, 15) is 22.8 Å². The zero-order valence-corrected chi connectivity index (χ0v) is 10.2. The van der Waals surface area contributed by atoms with Crippen LogP contribution in [0.5, 0.6) is 0 Å². The fraction of sp³-hybridized carbons (Fsp3) is 0.0833. The molecule has 0 saturated carbocycles. The van der Waals surface area contributed by atoms with E-state index in [1.165, 1.54) is 12.5 Å². The molecule has 0 aliphatic heterocycles. The highest BCUT2D eigenvalue weighted by Crippen LogP contribution is 2.32. The number of benzene rings is 1. The first kappa shape index (κ1) is 14.6. The quantitative estimate of drug-likeness (QED) is 0.811. The number of nitrogens with one attached hydrogen (secondary N) is 2. The van der Waals surface area contributed by atoms with Crippen LogP contribution in [0, 0.1) is 0 Å². The Labute approximate surface area is 115 Å². The maximum atomic E-state index is 12.7. The number of hydrogen-bond acceptors (Lipinski definition) is 3. The minimum absolute atomic E-state index is 0.0317. The summed E-state index contributed by atoms with van der Waals surface area (Å²) in [5.74, 6) is -2.26.